The molecule has 0 radical (unpaired) electrons. The van der Waals surface area contributed by atoms with Crippen molar-refractivity contribution in [1.82, 2.24) is 15.0 Å². The average molecular weight is 275 g/mol. The third kappa shape index (κ3) is 1.71. The zero-order valence-corrected chi connectivity index (χ0v) is 9.92. The number of hydrogen-bond acceptors (Lipinski definition) is 3. The number of benzene rings is 2. The maximum Gasteiger partial charge on any atom is 0.338 e. The molecule has 0 amide bonds. The van der Waals surface area contributed by atoms with Crippen molar-refractivity contribution in [3.63, 3.8) is 0 Å². The minimum Gasteiger partial charge on any atom is -0.478 e. The summed E-state index contributed by atoms with van der Waals surface area (Å²) < 4.78 is 28.1. The van der Waals surface area contributed by atoms with E-state index in [1.165, 1.54) is 30.3 Å². The van der Waals surface area contributed by atoms with Crippen molar-refractivity contribution < 1.29 is 18.7 Å². The van der Waals surface area contributed by atoms with Crippen LogP contribution in [-0.2, 0) is 0 Å². The Hall–Kier alpha value is -2.83. The van der Waals surface area contributed by atoms with Gasteiger partial charge in [-0.05, 0) is 24.3 Å². The molecule has 0 bridgehead atoms. The molecule has 0 saturated heterocycles. The van der Waals surface area contributed by atoms with Gasteiger partial charge in [0, 0.05) is 0 Å². The van der Waals surface area contributed by atoms with Crippen LogP contribution in [0.4, 0.5) is 8.78 Å². The Bertz CT molecular complexity index is 830. The molecule has 100 valence electrons. The number of aromatic carboxylic acids is 1. The van der Waals surface area contributed by atoms with E-state index in [-0.39, 0.29) is 22.3 Å². The fourth-order valence-electron chi connectivity index (χ4n) is 1.95. The van der Waals surface area contributed by atoms with Crippen LogP contribution >= 0.6 is 0 Å². The fraction of sp³-hybridized carbons (Fsp3) is 0. The molecule has 2 aromatic carbocycles. The molecule has 0 atom stereocenters. The Labute approximate surface area is 111 Å². The Morgan fingerprint density at radius 3 is 2.65 bits per heavy atom. The molecular weight excluding hydrogens is 268 g/mol. The largest absolute Gasteiger partial charge is 0.478 e. The Kier molecular flexibility index (Phi) is 2.67. The second-order valence-electron chi connectivity index (χ2n) is 4.05. The van der Waals surface area contributed by atoms with Gasteiger partial charge in [0.25, 0.3) is 0 Å². The quantitative estimate of drug-likeness (QED) is 0.779. The Morgan fingerprint density at radius 1 is 1.15 bits per heavy atom. The van der Waals surface area contributed by atoms with E-state index >= 15 is 0 Å². The van der Waals surface area contributed by atoms with Crippen molar-refractivity contribution in [2.75, 3.05) is 0 Å². The predicted molar refractivity (Wildman–Crippen MR) is 65.7 cm³/mol. The summed E-state index contributed by atoms with van der Waals surface area (Å²) in [5.74, 6) is -3.25. The molecule has 5 nitrogen and oxygen atoms in total. The SMILES string of the molecule is O=C(O)c1cccc2c1nnn2-c1cccc(F)c1F. The number of halogens is 2. The van der Waals surface area contributed by atoms with Crippen LogP contribution in [0, 0.1) is 11.6 Å². The van der Waals surface area contributed by atoms with Gasteiger partial charge < -0.3 is 5.11 Å². The van der Waals surface area contributed by atoms with Crippen LogP contribution in [-0.4, -0.2) is 26.1 Å². The van der Waals surface area contributed by atoms with Gasteiger partial charge in [0.05, 0.1) is 11.1 Å². The Morgan fingerprint density at radius 2 is 1.90 bits per heavy atom. The first-order valence-electron chi connectivity index (χ1n) is 5.61. The number of hydrogen-bond donors (Lipinski definition) is 1. The van der Waals surface area contributed by atoms with Crippen LogP contribution < -0.4 is 0 Å². The lowest BCUT2D eigenvalue weighted by Gasteiger charge is -2.04. The number of rotatable bonds is 2. The fourth-order valence-corrected chi connectivity index (χ4v) is 1.95. The van der Waals surface area contributed by atoms with E-state index in [0.717, 1.165) is 10.7 Å². The van der Waals surface area contributed by atoms with Crippen LogP contribution in [0.5, 0.6) is 0 Å². The summed E-state index contributed by atoms with van der Waals surface area (Å²) in [5, 5.41) is 16.5. The minimum absolute atomic E-state index is 0.0504. The van der Waals surface area contributed by atoms with Crippen molar-refractivity contribution in [2.45, 2.75) is 0 Å². The minimum atomic E-state index is -1.16. The molecule has 0 saturated carbocycles. The molecule has 7 heteroatoms. The summed E-state index contributed by atoms with van der Waals surface area (Å²) in [7, 11) is 0. The number of aromatic nitrogens is 3. The second kappa shape index (κ2) is 4.37. The molecule has 1 N–H and O–H groups in total. The molecule has 0 aliphatic heterocycles. The molecule has 20 heavy (non-hydrogen) atoms. The van der Waals surface area contributed by atoms with Gasteiger partial charge in [-0.2, -0.15) is 0 Å². The molecule has 1 heterocycles. The molecule has 0 unspecified atom stereocenters. The lowest BCUT2D eigenvalue weighted by atomic mass is 10.2. The predicted octanol–water partition coefficient (Wildman–Crippen LogP) is 2.40. The van der Waals surface area contributed by atoms with Gasteiger partial charge in [0.15, 0.2) is 11.6 Å². The highest BCUT2D eigenvalue weighted by Crippen LogP contribution is 2.22. The third-order valence-corrected chi connectivity index (χ3v) is 2.87. The first-order valence-corrected chi connectivity index (χ1v) is 5.61. The van der Waals surface area contributed by atoms with Crippen LogP contribution in [0.3, 0.4) is 0 Å². The van der Waals surface area contributed by atoms with Gasteiger partial charge >= 0.3 is 5.97 Å². The normalized spacial score (nSPS) is 10.9. The summed E-state index contributed by atoms with van der Waals surface area (Å²) in [6.45, 7) is 0. The molecule has 1 aromatic heterocycles. The number of carboxylic acids is 1. The van der Waals surface area contributed by atoms with Crippen LogP contribution in [0.1, 0.15) is 10.4 Å². The molecule has 3 aromatic rings. The monoisotopic (exact) mass is 275 g/mol. The first-order chi connectivity index (χ1) is 9.59. The highest BCUT2D eigenvalue weighted by molar-refractivity contribution is 6.00. The summed E-state index contributed by atoms with van der Waals surface area (Å²) in [6.07, 6.45) is 0. The van der Waals surface area contributed by atoms with Gasteiger partial charge in [-0.1, -0.05) is 17.3 Å². The van der Waals surface area contributed by atoms with E-state index in [9.17, 15) is 13.6 Å². The maximum atomic E-state index is 13.8. The summed E-state index contributed by atoms with van der Waals surface area (Å²) >= 11 is 0. The van der Waals surface area contributed by atoms with Crippen LogP contribution in [0.15, 0.2) is 36.4 Å². The summed E-state index contributed by atoms with van der Waals surface area (Å²) in [5.41, 5.74) is 0.221. The van der Waals surface area contributed by atoms with Crippen molar-refractivity contribution in [3.05, 3.63) is 53.6 Å². The number of carboxylic acid groups (broad SMARTS) is 1. The van der Waals surface area contributed by atoms with E-state index < -0.39 is 17.6 Å². The number of fused-ring (bicyclic) bond motifs is 1. The molecule has 0 aliphatic carbocycles. The zero-order valence-electron chi connectivity index (χ0n) is 9.92. The zero-order chi connectivity index (χ0) is 14.3. The average Bonchev–Trinajstić information content (AvgIpc) is 2.85. The van der Waals surface area contributed by atoms with E-state index in [2.05, 4.69) is 10.3 Å². The van der Waals surface area contributed by atoms with E-state index in [4.69, 9.17) is 5.11 Å². The molecule has 0 aliphatic rings. The molecule has 3 rings (SSSR count). The van der Waals surface area contributed by atoms with Crippen molar-refractivity contribution >= 4 is 17.0 Å². The molecule has 0 spiro atoms. The van der Waals surface area contributed by atoms with Crippen molar-refractivity contribution in [3.8, 4) is 5.69 Å². The smallest absolute Gasteiger partial charge is 0.338 e. The highest BCUT2D eigenvalue weighted by atomic mass is 19.2. The van der Waals surface area contributed by atoms with E-state index in [1.54, 1.807) is 0 Å². The first kappa shape index (κ1) is 12.2. The van der Waals surface area contributed by atoms with Gasteiger partial charge in [0.2, 0.25) is 0 Å². The van der Waals surface area contributed by atoms with Gasteiger partial charge in [-0.3, -0.25) is 0 Å². The number of nitrogens with zero attached hydrogens (tertiary/aromatic N) is 3. The molecule has 0 fully saturated rings. The number of carbonyl (C=O) groups is 1. The topological polar surface area (TPSA) is 68.0 Å². The van der Waals surface area contributed by atoms with Crippen molar-refractivity contribution in [1.29, 1.82) is 0 Å². The van der Waals surface area contributed by atoms with Gasteiger partial charge in [-0.25, -0.2) is 18.3 Å². The summed E-state index contributed by atoms with van der Waals surface area (Å²) in [6, 6.07) is 8.05. The molecular formula is C13H7F2N3O2. The highest BCUT2D eigenvalue weighted by Gasteiger charge is 2.17. The lowest BCUT2D eigenvalue weighted by Crippen LogP contribution is -2.02. The Balaban J connectivity index is 2.31. The second-order valence-corrected chi connectivity index (χ2v) is 4.05. The lowest BCUT2D eigenvalue weighted by molar-refractivity contribution is 0.0699. The maximum absolute atomic E-state index is 13.8. The van der Waals surface area contributed by atoms with E-state index in [1.807, 2.05) is 0 Å². The van der Waals surface area contributed by atoms with Crippen LogP contribution in [0.2, 0.25) is 0 Å². The van der Waals surface area contributed by atoms with Gasteiger partial charge in [0.1, 0.15) is 11.2 Å². The van der Waals surface area contributed by atoms with Crippen molar-refractivity contribution in [2.24, 2.45) is 0 Å². The third-order valence-electron chi connectivity index (χ3n) is 2.87. The van der Waals surface area contributed by atoms with Crippen LogP contribution in [0.25, 0.3) is 16.7 Å². The summed E-state index contributed by atoms with van der Waals surface area (Å²) in [4.78, 5) is 11.1. The van der Waals surface area contributed by atoms with E-state index in [0.29, 0.717) is 0 Å². The van der Waals surface area contributed by atoms with Gasteiger partial charge in [-0.15, -0.1) is 5.10 Å². The standard InChI is InChI=1S/C13H7F2N3O2/c14-8-4-2-5-9(11(8)15)18-10-6-1-3-7(13(19)20)12(10)16-17-18/h1-6H,(H,19,20).